The van der Waals surface area contributed by atoms with Gasteiger partial charge in [0.2, 0.25) is 11.8 Å². The first-order valence-electron chi connectivity index (χ1n) is 9.32. The number of piperidine rings is 1. The molecule has 1 aromatic carbocycles. The third-order valence-electron chi connectivity index (χ3n) is 5.05. The van der Waals surface area contributed by atoms with Crippen molar-refractivity contribution in [1.29, 1.82) is 0 Å². The Kier molecular flexibility index (Phi) is 5.03. The van der Waals surface area contributed by atoms with Gasteiger partial charge in [0.05, 0.1) is 12.8 Å². The Bertz CT molecular complexity index is 969. The molecular weight excluding hydrogens is 376 g/mol. The van der Waals surface area contributed by atoms with Crippen molar-refractivity contribution >= 4 is 23.8 Å². The van der Waals surface area contributed by atoms with Crippen molar-refractivity contribution in [3.63, 3.8) is 0 Å². The second-order valence-corrected chi connectivity index (χ2v) is 7.01. The molecule has 4 rings (SSSR count). The molecule has 1 aromatic heterocycles. The van der Waals surface area contributed by atoms with E-state index in [2.05, 4.69) is 16.0 Å². The summed E-state index contributed by atoms with van der Waals surface area (Å²) in [7, 11) is 0. The van der Waals surface area contributed by atoms with Crippen molar-refractivity contribution in [2.75, 3.05) is 0 Å². The Balaban J connectivity index is 1.36. The highest BCUT2D eigenvalue weighted by atomic mass is 16.3. The summed E-state index contributed by atoms with van der Waals surface area (Å²) in [6, 6.07) is 7.93. The molecular formula is C20H20N4O5. The van der Waals surface area contributed by atoms with E-state index < -0.39 is 11.9 Å². The number of fused-ring (bicyclic) bond motifs is 1. The Morgan fingerprint density at radius 2 is 2.00 bits per heavy atom. The number of amides is 5. The summed E-state index contributed by atoms with van der Waals surface area (Å²) in [5, 5.41) is 7.71. The fourth-order valence-corrected chi connectivity index (χ4v) is 3.54. The maximum Gasteiger partial charge on any atom is 0.315 e. The number of carbonyl (C=O) groups excluding carboxylic acids is 4. The number of imide groups is 1. The minimum atomic E-state index is -0.637. The summed E-state index contributed by atoms with van der Waals surface area (Å²) in [6.45, 7) is 0.864. The molecule has 1 fully saturated rings. The van der Waals surface area contributed by atoms with E-state index in [1.54, 1.807) is 18.2 Å². The quantitative estimate of drug-likeness (QED) is 0.652. The minimum absolute atomic E-state index is 0.221. The van der Waals surface area contributed by atoms with Crippen molar-refractivity contribution in [2.24, 2.45) is 0 Å². The van der Waals surface area contributed by atoms with Crippen molar-refractivity contribution in [2.45, 2.75) is 38.5 Å². The lowest BCUT2D eigenvalue weighted by atomic mass is 10.0. The van der Waals surface area contributed by atoms with Crippen LogP contribution in [-0.2, 0) is 29.2 Å². The van der Waals surface area contributed by atoms with Crippen LogP contribution in [0.2, 0.25) is 0 Å². The van der Waals surface area contributed by atoms with Crippen LogP contribution in [0.15, 0.2) is 41.0 Å². The lowest BCUT2D eigenvalue weighted by molar-refractivity contribution is -0.136. The normalized spacial score (nSPS) is 18.4. The standard InChI is InChI=1S/C20H20N4O5/c25-17-6-5-16(18(26)23-17)24-11-13-4-3-12(8-15(13)19(24)27)9-21-20(28)22-10-14-2-1-7-29-14/h1-4,7-8,16H,5-6,9-11H2,(H2,21,22,28)(H,23,25,26). The van der Waals surface area contributed by atoms with Crippen molar-refractivity contribution in [1.82, 2.24) is 20.9 Å². The predicted octanol–water partition coefficient (Wildman–Crippen LogP) is 1.04. The minimum Gasteiger partial charge on any atom is -0.467 e. The smallest absolute Gasteiger partial charge is 0.315 e. The Morgan fingerprint density at radius 3 is 2.76 bits per heavy atom. The molecule has 2 aromatic rings. The number of nitrogens with zero attached hydrogens (tertiary/aromatic N) is 1. The average Bonchev–Trinajstić information content (AvgIpc) is 3.33. The van der Waals surface area contributed by atoms with E-state index in [0.717, 1.165) is 11.1 Å². The second-order valence-electron chi connectivity index (χ2n) is 7.01. The zero-order valence-corrected chi connectivity index (χ0v) is 15.6. The van der Waals surface area contributed by atoms with Gasteiger partial charge in [-0.1, -0.05) is 12.1 Å². The highest BCUT2D eigenvalue weighted by molar-refractivity contribution is 6.05. The highest BCUT2D eigenvalue weighted by Gasteiger charge is 2.39. The average molecular weight is 396 g/mol. The zero-order chi connectivity index (χ0) is 20.4. The molecule has 0 saturated carbocycles. The summed E-state index contributed by atoms with van der Waals surface area (Å²) < 4.78 is 5.15. The fraction of sp³-hybridized carbons (Fsp3) is 0.300. The van der Waals surface area contributed by atoms with E-state index in [1.165, 1.54) is 11.2 Å². The third kappa shape index (κ3) is 3.98. The predicted molar refractivity (Wildman–Crippen MR) is 100 cm³/mol. The van der Waals surface area contributed by atoms with Crippen molar-refractivity contribution in [3.8, 4) is 0 Å². The van der Waals surface area contributed by atoms with Gasteiger partial charge in [0, 0.05) is 25.1 Å². The number of rotatable bonds is 5. The van der Waals surface area contributed by atoms with Gasteiger partial charge in [0.25, 0.3) is 5.91 Å². The van der Waals surface area contributed by atoms with E-state index in [4.69, 9.17) is 4.42 Å². The molecule has 0 bridgehead atoms. The van der Waals surface area contributed by atoms with Crippen LogP contribution >= 0.6 is 0 Å². The van der Waals surface area contributed by atoms with E-state index >= 15 is 0 Å². The lowest BCUT2D eigenvalue weighted by Gasteiger charge is -2.29. The molecule has 29 heavy (non-hydrogen) atoms. The fourth-order valence-electron chi connectivity index (χ4n) is 3.54. The molecule has 9 nitrogen and oxygen atoms in total. The molecule has 0 aliphatic carbocycles. The molecule has 3 heterocycles. The number of nitrogens with one attached hydrogen (secondary N) is 3. The van der Waals surface area contributed by atoms with Crippen molar-refractivity contribution < 1.29 is 23.6 Å². The zero-order valence-electron chi connectivity index (χ0n) is 15.6. The monoisotopic (exact) mass is 396 g/mol. The number of hydrogen-bond acceptors (Lipinski definition) is 5. The largest absolute Gasteiger partial charge is 0.467 e. The van der Waals surface area contributed by atoms with Crippen LogP contribution in [0.4, 0.5) is 4.79 Å². The van der Waals surface area contributed by atoms with Gasteiger partial charge in [-0.15, -0.1) is 0 Å². The molecule has 9 heteroatoms. The molecule has 5 amide bonds. The van der Waals surface area contributed by atoms with E-state index in [9.17, 15) is 19.2 Å². The second kappa shape index (κ2) is 7.78. The van der Waals surface area contributed by atoms with Gasteiger partial charge in [0.1, 0.15) is 11.8 Å². The molecule has 3 N–H and O–H groups in total. The number of furan rings is 1. The van der Waals surface area contributed by atoms with E-state index in [-0.39, 0.29) is 37.4 Å². The SMILES string of the molecule is O=C1CCC(N2Cc3ccc(CNC(=O)NCc4ccco4)cc3C2=O)C(=O)N1. The number of benzene rings is 1. The Hall–Kier alpha value is -3.62. The van der Waals surface area contributed by atoms with Crippen LogP contribution in [-0.4, -0.2) is 34.7 Å². The maximum absolute atomic E-state index is 12.8. The summed E-state index contributed by atoms with van der Waals surface area (Å²) in [5.41, 5.74) is 2.12. The van der Waals surface area contributed by atoms with E-state index in [1.807, 2.05) is 12.1 Å². The summed E-state index contributed by atoms with van der Waals surface area (Å²) in [4.78, 5) is 49.6. The molecule has 0 spiro atoms. The van der Waals surface area contributed by atoms with Gasteiger partial charge in [-0.05, 0) is 35.7 Å². The summed E-state index contributed by atoms with van der Waals surface area (Å²) in [6.07, 6.45) is 2.09. The molecule has 150 valence electrons. The molecule has 1 unspecified atom stereocenters. The summed E-state index contributed by atoms with van der Waals surface area (Å²) >= 11 is 0. The number of hydrogen-bond donors (Lipinski definition) is 3. The summed E-state index contributed by atoms with van der Waals surface area (Å²) in [5.74, 6) is -0.331. The van der Waals surface area contributed by atoms with E-state index in [0.29, 0.717) is 24.3 Å². The molecule has 1 saturated heterocycles. The van der Waals surface area contributed by atoms with Crippen LogP contribution in [0.3, 0.4) is 0 Å². The number of urea groups is 1. The molecule has 2 aliphatic heterocycles. The highest BCUT2D eigenvalue weighted by Crippen LogP contribution is 2.28. The maximum atomic E-state index is 12.8. The molecule has 1 atom stereocenters. The third-order valence-corrected chi connectivity index (χ3v) is 5.05. The first-order chi connectivity index (χ1) is 14.0. The van der Waals surface area contributed by atoms with Crippen LogP contribution in [0.1, 0.15) is 40.1 Å². The van der Waals surface area contributed by atoms with Gasteiger partial charge in [-0.25, -0.2) is 4.79 Å². The van der Waals surface area contributed by atoms with Gasteiger partial charge >= 0.3 is 6.03 Å². The van der Waals surface area contributed by atoms with Crippen LogP contribution in [0.5, 0.6) is 0 Å². The van der Waals surface area contributed by atoms with Gasteiger partial charge in [0.15, 0.2) is 0 Å². The van der Waals surface area contributed by atoms with Crippen LogP contribution in [0, 0.1) is 0 Å². The Labute approximate surface area is 166 Å². The van der Waals surface area contributed by atoms with Gasteiger partial charge in [-0.3, -0.25) is 19.7 Å². The van der Waals surface area contributed by atoms with Crippen molar-refractivity contribution in [3.05, 3.63) is 59.0 Å². The lowest BCUT2D eigenvalue weighted by Crippen LogP contribution is -2.52. The van der Waals surface area contributed by atoms with Gasteiger partial charge < -0.3 is 20.0 Å². The number of carbonyl (C=O) groups is 4. The Morgan fingerprint density at radius 1 is 1.17 bits per heavy atom. The first-order valence-corrected chi connectivity index (χ1v) is 9.32. The topological polar surface area (TPSA) is 121 Å². The van der Waals surface area contributed by atoms with Crippen LogP contribution in [0.25, 0.3) is 0 Å². The first kappa shape index (κ1) is 18.7. The van der Waals surface area contributed by atoms with Gasteiger partial charge in [-0.2, -0.15) is 0 Å². The van der Waals surface area contributed by atoms with Crippen LogP contribution < -0.4 is 16.0 Å². The molecule has 2 aliphatic rings. The molecule has 0 radical (unpaired) electrons.